The van der Waals surface area contributed by atoms with Gasteiger partial charge in [0.25, 0.3) is 5.91 Å². The first-order valence-electron chi connectivity index (χ1n) is 7.94. The number of ether oxygens (including phenoxy) is 1. The highest BCUT2D eigenvalue weighted by molar-refractivity contribution is 7.10. The Bertz CT molecular complexity index is 853. The smallest absolute Gasteiger partial charge is 0.406 e. The predicted octanol–water partition coefficient (Wildman–Crippen LogP) is 5.97. The van der Waals surface area contributed by atoms with Gasteiger partial charge in [-0.05, 0) is 37.3 Å². The maximum Gasteiger partial charge on any atom is 0.573 e. The number of aryl methyl sites for hydroxylation is 1. The van der Waals surface area contributed by atoms with Gasteiger partial charge in [0, 0.05) is 30.9 Å². The third-order valence-corrected chi connectivity index (χ3v) is 4.94. The summed E-state index contributed by atoms with van der Waals surface area (Å²) in [6, 6.07) is 2.49. The number of nitrogens with one attached hydrogen (secondary N) is 1. The molecule has 0 bridgehead atoms. The van der Waals surface area contributed by atoms with Gasteiger partial charge in [-0.25, -0.2) is 4.39 Å². The number of fused-ring (bicyclic) bond motifs is 1. The Morgan fingerprint density at radius 2 is 1.88 bits per heavy atom. The van der Waals surface area contributed by atoms with Crippen LogP contribution in [-0.4, -0.2) is 12.3 Å². The predicted molar refractivity (Wildman–Crippen MR) is 95.4 cm³/mol. The molecule has 1 aromatic heterocycles. The molecule has 26 heavy (non-hydrogen) atoms. The number of carbonyl (C=O) groups is 1. The van der Waals surface area contributed by atoms with Crippen molar-refractivity contribution in [2.45, 2.75) is 32.0 Å². The Morgan fingerprint density at radius 1 is 1.15 bits per heavy atom. The van der Waals surface area contributed by atoms with Crippen molar-refractivity contribution in [2.75, 3.05) is 5.32 Å². The lowest BCUT2D eigenvalue weighted by Gasteiger charge is -2.12. The first kappa shape index (κ1) is 18.4. The second-order valence-corrected chi connectivity index (χ2v) is 6.74. The Morgan fingerprint density at radius 3 is 2.62 bits per heavy atom. The Balaban J connectivity index is 0.00000196. The van der Waals surface area contributed by atoms with Crippen LogP contribution >= 0.6 is 11.3 Å². The van der Waals surface area contributed by atoms with Crippen LogP contribution in [0.4, 0.5) is 23.2 Å². The fourth-order valence-corrected chi connectivity index (χ4v) is 3.90. The highest BCUT2D eigenvalue weighted by atomic mass is 32.1. The number of thiophene rings is 1. The normalized spacial score (nSPS) is 14.3. The summed E-state index contributed by atoms with van der Waals surface area (Å²) in [5.41, 5.74) is 1.32. The van der Waals surface area contributed by atoms with Gasteiger partial charge >= 0.3 is 6.36 Å². The zero-order chi connectivity index (χ0) is 18.7. The van der Waals surface area contributed by atoms with Gasteiger partial charge < -0.3 is 10.1 Å². The second-order valence-electron chi connectivity index (χ2n) is 5.78. The van der Waals surface area contributed by atoms with Gasteiger partial charge in [0.05, 0.1) is 5.56 Å². The molecular formula is C18H19F4NO2S. The van der Waals surface area contributed by atoms with E-state index < -0.39 is 23.8 Å². The molecule has 0 radical (unpaired) electrons. The number of carbonyl (C=O) groups excluding carboxylic acids is 1. The van der Waals surface area contributed by atoms with Crippen molar-refractivity contribution in [1.82, 2.24) is 0 Å². The van der Waals surface area contributed by atoms with Crippen molar-refractivity contribution < 1.29 is 29.9 Å². The minimum absolute atomic E-state index is 0. The Labute approximate surface area is 154 Å². The van der Waals surface area contributed by atoms with Crippen molar-refractivity contribution in [2.24, 2.45) is 0 Å². The first-order valence-corrected chi connectivity index (χ1v) is 8.82. The van der Waals surface area contributed by atoms with E-state index >= 15 is 0 Å². The molecule has 0 atom stereocenters. The number of benzene rings is 1. The highest BCUT2D eigenvalue weighted by Crippen LogP contribution is 2.30. The molecule has 0 saturated carbocycles. The van der Waals surface area contributed by atoms with Crippen molar-refractivity contribution >= 4 is 22.9 Å². The fraction of sp³-hybridized carbons (Fsp3) is 0.278. The molecule has 1 aliphatic carbocycles. The van der Waals surface area contributed by atoms with E-state index in [1.807, 2.05) is 0 Å². The summed E-state index contributed by atoms with van der Waals surface area (Å²) in [6.07, 6.45) is 2.50. The van der Waals surface area contributed by atoms with Crippen LogP contribution < -0.4 is 10.1 Å². The van der Waals surface area contributed by atoms with Crippen LogP contribution in [0.3, 0.4) is 0 Å². The molecule has 1 aromatic carbocycles. The average Bonchev–Trinajstić information content (AvgIpc) is 2.86. The van der Waals surface area contributed by atoms with Gasteiger partial charge in [0.2, 0.25) is 0 Å². The number of allylic oxidation sites excluding steroid dienone is 2. The van der Waals surface area contributed by atoms with E-state index in [-0.39, 0.29) is 8.54 Å². The molecule has 0 unspecified atom stereocenters. The number of hydrogen-bond acceptors (Lipinski definition) is 3. The lowest BCUT2D eigenvalue weighted by atomic mass is 10.00. The van der Waals surface area contributed by atoms with Gasteiger partial charge in [0.15, 0.2) is 0 Å². The summed E-state index contributed by atoms with van der Waals surface area (Å²) in [5, 5.41) is 4.19. The fourth-order valence-electron chi connectivity index (χ4n) is 2.80. The molecule has 0 aliphatic heterocycles. The first-order chi connectivity index (χ1) is 12.3. The molecule has 1 amide bonds. The summed E-state index contributed by atoms with van der Waals surface area (Å²) in [7, 11) is 0. The summed E-state index contributed by atoms with van der Waals surface area (Å²) in [6.45, 7) is 0. The van der Waals surface area contributed by atoms with Crippen molar-refractivity contribution in [3.05, 3.63) is 57.6 Å². The summed E-state index contributed by atoms with van der Waals surface area (Å²) in [5.74, 6) is -2.14. The minimum Gasteiger partial charge on any atom is -0.406 e. The van der Waals surface area contributed by atoms with E-state index in [9.17, 15) is 22.4 Å². The molecule has 1 aliphatic rings. The van der Waals surface area contributed by atoms with Gasteiger partial charge in [-0.1, -0.05) is 12.2 Å². The van der Waals surface area contributed by atoms with E-state index in [1.165, 1.54) is 11.3 Å². The van der Waals surface area contributed by atoms with Gasteiger partial charge in [0.1, 0.15) is 11.6 Å². The van der Waals surface area contributed by atoms with Crippen LogP contribution in [0, 0.1) is 5.82 Å². The second kappa shape index (κ2) is 7.49. The third kappa shape index (κ3) is 4.63. The summed E-state index contributed by atoms with van der Waals surface area (Å²) in [4.78, 5) is 13.7. The third-order valence-electron chi connectivity index (χ3n) is 3.85. The molecule has 1 heterocycles. The van der Waals surface area contributed by atoms with Gasteiger partial charge in [-0.2, -0.15) is 0 Å². The lowest BCUT2D eigenvalue weighted by Crippen LogP contribution is -2.18. The monoisotopic (exact) mass is 389 g/mol. The van der Waals surface area contributed by atoms with E-state index in [0.717, 1.165) is 41.8 Å². The van der Waals surface area contributed by atoms with Gasteiger partial charge in [-0.3, -0.25) is 4.79 Å². The Hall–Kier alpha value is -2.35. The number of halogens is 4. The molecule has 3 nitrogen and oxygen atoms in total. The van der Waals surface area contributed by atoms with Crippen LogP contribution in [0.15, 0.2) is 35.7 Å². The molecule has 2 aromatic rings. The van der Waals surface area contributed by atoms with Crippen molar-refractivity contribution in [3.63, 3.8) is 0 Å². The Kier molecular flexibility index (Phi) is 5.31. The largest absolute Gasteiger partial charge is 0.573 e. The number of anilines is 1. The molecular weight excluding hydrogens is 370 g/mol. The van der Waals surface area contributed by atoms with E-state index in [4.69, 9.17) is 0 Å². The standard InChI is InChI=1S/C18H15F4NO2S.2H2/c19-11-7-12(9-13(8-11)25-18(20,21)22)23-17(24)15-10-26-16-6-4-2-1-3-5-14(15)16;;/h1-2,7-10H,3-6H2,(H,23,24);2*1H. The SMILES string of the molecule is O=C(Nc1cc(F)cc(OC(F)(F)F)c1)c1csc2c1CCC=CCC2.[HH].[HH]. The van der Waals surface area contributed by atoms with Crippen molar-refractivity contribution in [1.29, 1.82) is 0 Å². The zero-order valence-corrected chi connectivity index (χ0v) is 14.3. The average molecular weight is 389 g/mol. The highest BCUT2D eigenvalue weighted by Gasteiger charge is 2.31. The van der Waals surface area contributed by atoms with E-state index in [2.05, 4.69) is 22.2 Å². The topological polar surface area (TPSA) is 38.3 Å². The molecule has 1 N–H and O–H groups in total. The molecule has 0 spiro atoms. The number of amides is 1. The number of hydrogen-bond donors (Lipinski definition) is 1. The van der Waals surface area contributed by atoms with Crippen LogP contribution in [0.5, 0.6) is 5.75 Å². The quantitative estimate of drug-likeness (QED) is 0.519. The van der Waals surface area contributed by atoms with Crippen LogP contribution in [0.2, 0.25) is 0 Å². The van der Waals surface area contributed by atoms with Gasteiger partial charge in [-0.15, -0.1) is 24.5 Å². The maximum absolute atomic E-state index is 13.6. The zero-order valence-electron chi connectivity index (χ0n) is 13.5. The van der Waals surface area contributed by atoms with Crippen LogP contribution in [0.25, 0.3) is 0 Å². The van der Waals surface area contributed by atoms with Crippen LogP contribution in [0.1, 0.15) is 36.5 Å². The number of alkyl halides is 3. The molecule has 3 rings (SSSR count). The van der Waals surface area contributed by atoms with Crippen LogP contribution in [-0.2, 0) is 12.8 Å². The molecule has 142 valence electrons. The van der Waals surface area contributed by atoms with E-state index in [0.29, 0.717) is 18.1 Å². The molecule has 8 heteroatoms. The number of rotatable bonds is 3. The summed E-state index contributed by atoms with van der Waals surface area (Å²) < 4.78 is 54.2. The lowest BCUT2D eigenvalue weighted by molar-refractivity contribution is -0.274. The molecule has 0 saturated heterocycles. The van der Waals surface area contributed by atoms with E-state index in [1.54, 1.807) is 5.38 Å². The van der Waals surface area contributed by atoms with Crippen molar-refractivity contribution in [3.8, 4) is 5.75 Å². The molecule has 0 fully saturated rings. The minimum atomic E-state index is -4.94. The maximum atomic E-state index is 13.6. The summed E-state index contributed by atoms with van der Waals surface area (Å²) >= 11 is 1.49.